The minimum Gasteiger partial charge on any atom is -0.383 e. The number of fused-ring (bicyclic) bond motifs is 1. The van der Waals surface area contributed by atoms with Crippen molar-refractivity contribution in [1.82, 2.24) is 24.1 Å². The highest BCUT2D eigenvalue weighted by molar-refractivity contribution is 5.86. The SMILES string of the molecule is COCCn1ccc(-n2ncc3c(C)n(C)c(C)c3c2=O)n1. The van der Waals surface area contributed by atoms with Crippen LogP contribution in [-0.4, -0.2) is 37.8 Å². The summed E-state index contributed by atoms with van der Waals surface area (Å²) in [5, 5.41) is 10.2. The van der Waals surface area contributed by atoms with Crippen LogP contribution in [0, 0.1) is 13.8 Å². The van der Waals surface area contributed by atoms with Gasteiger partial charge in [0.15, 0.2) is 5.82 Å². The summed E-state index contributed by atoms with van der Waals surface area (Å²) in [5.74, 6) is 0.518. The van der Waals surface area contributed by atoms with Gasteiger partial charge in [0.2, 0.25) is 0 Å². The van der Waals surface area contributed by atoms with Crippen molar-refractivity contribution >= 4 is 10.8 Å². The maximum Gasteiger partial charge on any atom is 0.282 e. The van der Waals surface area contributed by atoms with E-state index in [2.05, 4.69) is 10.2 Å². The van der Waals surface area contributed by atoms with Crippen molar-refractivity contribution in [2.24, 2.45) is 7.05 Å². The predicted molar refractivity (Wildman–Crippen MR) is 83.4 cm³/mol. The molecule has 0 fully saturated rings. The maximum atomic E-state index is 12.8. The quantitative estimate of drug-likeness (QED) is 0.726. The molecule has 0 saturated heterocycles. The molecule has 22 heavy (non-hydrogen) atoms. The van der Waals surface area contributed by atoms with Gasteiger partial charge in [0.1, 0.15) is 0 Å². The summed E-state index contributed by atoms with van der Waals surface area (Å²) >= 11 is 0. The van der Waals surface area contributed by atoms with E-state index < -0.39 is 0 Å². The van der Waals surface area contributed by atoms with Gasteiger partial charge in [-0.1, -0.05) is 0 Å². The molecule has 3 rings (SSSR count). The van der Waals surface area contributed by atoms with Crippen LogP contribution in [0.2, 0.25) is 0 Å². The van der Waals surface area contributed by atoms with E-state index in [9.17, 15) is 4.79 Å². The molecule has 0 aromatic carbocycles. The number of ether oxygens (including phenoxy) is 1. The lowest BCUT2D eigenvalue weighted by Crippen LogP contribution is -2.22. The van der Waals surface area contributed by atoms with E-state index in [0.717, 1.165) is 16.8 Å². The van der Waals surface area contributed by atoms with Crippen molar-refractivity contribution in [2.45, 2.75) is 20.4 Å². The van der Waals surface area contributed by atoms with Crippen molar-refractivity contribution in [1.29, 1.82) is 0 Å². The van der Waals surface area contributed by atoms with E-state index in [1.807, 2.05) is 31.7 Å². The topological polar surface area (TPSA) is 66.9 Å². The molecule has 0 saturated carbocycles. The Balaban J connectivity index is 2.12. The molecular weight excluding hydrogens is 282 g/mol. The number of hydrogen-bond acceptors (Lipinski definition) is 4. The summed E-state index contributed by atoms with van der Waals surface area (Å²) in [4.78, 5) is 12.8. The van der Waals surface area contributed by atoms with Gasteiger partial charge in [-0.05, 0) is 13.8 Å². The second-order valence-electron chi connectivity index (χ2n) is 5.31. The molecule has 0 aliphatic rings. The lowest BCUT2D eigenvalue weighted by molar-refractivity contribution is 0.183. The van der Waals surface area contributed by atoms with Gasteiger partial charge in [0, 0.05) is 43.2 Å². The van der Waals surface area contributed by atoms with Gasteiger partial charge in [-0.15, -0.1) is 0 Å². The highest BCUT2D eigenvalue weighted by atomic mass is 16.5. The van der Waals surface area contributed by atoms with E-state index in [1.165, 1.54) is 4.68 Å². The Hall–Kier alpha value is -2.41. The molecule has 0 aliphatic carbocycles. The lowest BCUT2D eigenvalue weighted by Gasteiger charge is -2.02. The monoisotopic (exact) mass is 301 g/mol. The average molecular weight is 301 g/mol. The van der Waals surface area contributed by atoms with Crippen LogP contribution >= 0.6 is 0 Å². The van der Waals surface area contributed by atoms with Crippen molar-refractivity contribution in [2.75, 3.05) is 13.7 Å². The van der Waals surface area contributed by atoms with Crippen LogP contribution in [0.25, 0.3) is 16.6 Å². The Labute approximate surface area is 127 Å². The lowest BCUT2D eigenvalue weighted by atomic mass is 10.2. The second kappa shape index (κ2) is 5.42. The summed E-state index contributed by atoms with van der Waals surface area (Å²) in [6, 6.07) is 1.78. The van der Waals surface area contributed by atoms with E-state index in [4.69, 9.17) is 4.74 Å². The van der Waals surface area contributed by atoms with Gasteiger partial charge in [-0.3, -0.25) is 9.48 Å². The van der Waals surface area contributed by atoms with Gasteiger partial charge in [0.05, 0.1) is 24.7 Å². The first-order chi connectivity index (χ1) is 10.5. The molecule has 7 nitrogen and oxygen atoms in total. The minimum absolute atomic E-state index is 0.143. The molecule has 3 heterocycles. The Morgan fingerprint density at radius 2 is 2.05 bits per heavy atom. The molecule has 0 radical (unpaired) electrons. The molecule has 0 atom stereocenters. The molecule has 3 aromatic rings. The van der Waals surface area contributed by atoms with Crippen LogP contribution in [0.4, 0.5) is 0 Å². The number of hydrogen-bond donors (Lipinski definition) is 0. The minimum atomic E-state index is -0.143. The fraction of sp³-hybridized carbons (Fsp3) is 0.400. The van der Waals surface area contributed by atoms with Gasteiger partial charge in [-0.25, -0.2) is 0 Å². The summed E-state index contributed by atoms with van der Waals surface area (Å²) < 4.78 is 10.1. The van der Waals surface area contributed by atoms with E-state index in [0.29, 0.717) is 24.4 Å². The first-order valence-electron chi connectivity index (χ1n) is 7.11. The molecule has 3 aromatic heterocycles. The highest BCUT2D eigenvalue weighted by Crippen LogP contribution is 2.20. The molecular formula is C15H19N5O2. The summed E-state index contributed by atoms with van der Waals surface area (Å²) in [6.45, 7) is 5.13. The first-order valence-corrected chi connectivity index (χ1v) is 7.11. The number of rotatable bonds is 4. The average Bonchev–Trinajstić information content (AvgIpc) is 3.06. The smallest absolute Gasteiger partial charge is 0.282 e. The van der Waals surface area contributed by atoms with Gasteiger partial charge >= 0.3 is 0 Å². The Bertz CT molecular complexity index is 887. The Morgan fingerprint density at radius 1 is 1.27 bits per heavy atom. The van der Waals surface area contributed by atoms with Gasteiger partial charge in [0.25, 0.3) is 5.56 Å². The van der Waals surface area contributed by atoms with E-state index in [-0.39, 0.29) is 5.56 Å². The van der Waals surface area contributed by atoms with Crippen LogP contribution < -0.4 is 5.56 Å². The molecule has 116 valence electrons. The van der Waals surface area contributed by atoms with Crippen molar-refractivity contribution in [3.8, 4) is 5.82 Å². The normalized spacial score (nSPS) is 11.5. The number of aryl methyl sites for hydroxylation is 2. The summed E-state index contributed by atoms with van der Waals surface area (Å²) in [6.07, 6.45) is 3.54. The number of nitrogens with zero attached hydrogens (tertiary/aromatic N) is 5. The molecule has 0 N–H and O–H groups in total. The van der Waals surface area contributed by atoms with E-state index >= 15 is 0 Å². The molecule has 7 heteroatoms. The third kappa shape index (κ3) is 2.14. The molecule has 0 unspecified atom stereocenters. The third-order valence-corrected chi connectivity index (χ3v) is 4.10. The van der Waals surface area contributed by atoms with Crippen molar-refractivity contribution in [3.05, 3.63) is 40.2 Å². The van der Waals surface area contributed by atoms with Crippen molar-refractivity contribution < 1.29 is 4.74 Å². The van der Waals surface area contributed by atoms with Crippen LogP contribution in [0.1, 0.15) is 11.4 Å². The van der Waals surface area contributed by atoms with Crippen LogP contribution in [0.5, 0.6) is 0 Å². The second-order valence-corrected chi connectivity index (χ2v) is 5.31. The van der Waals surface area contributed by atoms with Gasteiger partial charge in [-0.2, -0.15) is 14.9 Å². The summed E-state index contributed by atoms with van der Waals surface area (Å²) in [5.41, 5.74) is 1.83. The Kier molecular flexibility index (Phi) is 3.58. The maximum absolute atomic E-state index is 12.8. The highest BCUT2D eigenvalue weighted by Gasteiger charge is 2.15. The zero-order valence-corrected chi connectivity index (χ0v) is 13.2. The first kappa shape index (κ1) is 14.5. The van der Waals surface area contributed by atoms with E-state index in [1.54, 1.807) is 24.1 Å². The van der Waals surface area contributed by atoms with Crippen LogP contribution in [0.15, 0.2) is 23.3 Å². The zero-order chi connectivity index (χ0) is 15.9. The predicted octanol–water partition coefficient (Wildman–Crippen LogP) is 1.18. The van der Waals surface area contributed by atoms with Crippen molar-refractivity contribution in [3.63, 3.8) is 0 Å². The molecule has 0 amide bonds. The fourth-order valence-corrected chi connectivity index (χ4v) is 2.61. The molecule has 0 spiro atoms. The zero-order valence-electron chi connectivity index (χ0n) is 13.2. The molecule has 0 bridgehead atoms. The number of aromatic nitrogens is 5. The van der Waals surface area contributed by atoms with Gasteiger partial charge < -0.3 is 9.30 Å². The molecule has 0 aliphatic heterocycles. The standard InChI is InChI=1S/C15H19N5O2/c1-10-12-9-16-20(15(21)14(12)11(2)18(10)3)13-5-6-19(17-13)7-8-22-4/h5-6,9H,7-8H2,1-4H3. The number of methoxy groups -OCH3 is 1. The van der Waals surface area contributed by atoms with Crippen LogP contribution in [-0.2, 0) is 18.3 Å². The third-order valence-electron chi connectivity index (χ3n) is 4.10. The fourth-order valence-electron chi connectivity index (χ4n) is 2.61. The largest absolute Gasteiger partial charge is 0.383 e. The summed E-state index contributed by atoms with van der Waals surface area (Å²) in [7, 11) is 3.60. The van der Waals surface area contributed by atoms with Crippen LogP contribution in [0.3, 0.4) is 0 Å². The Morgan fingerprint density at radius 3 is 2.77 bits per heavy atom.